The lowest BCUT2D eigenvalue weighted by atomic mass is 10.0. The molecule has 1 aromatic carbocycles. The maximum atomic E-state index is 5.53. The lowest BCUT2D eigenvalue weighted by Gasteiger charge is -2.38. The van der Waals surface area contributed by atoms with Crippen molar-refractivity contribution in [1.82, 2.24) is 15.1 Å². The summed E-state index contributed by atoms with van der Waals surface area (Å²) in [7, 11) is 2.16. The van der Waals surface area contributed by atoms with Gasteiger partial charge in [0.1, 0.15) is 0 Å². The summed E-state index contributed by atoms with van der Waals surface area (Å²) >= 11 is 0. The molecule has 1 fully saturated rings. The quantitative estimate of drug-likeness (QED) is 0.823. The molecule has 1 atom stereocenters. The summed E-state index contributed by atoms with van der Waals surface area (Å²) in [6, 6.07) is 11.5. The van der Waals surface area contributed by atoms with Crippen molar-refractivity contribution in [3.8, 4) is 0 Å². The van der Waals surface area contributed by atoms with Crippen molar-refractivity contribution in [2.45, 2.75) is 13.0 Å². The molecule has 0 N–H and O–H groups in total. The SMILES string of the molecule is Cc1nnc(N2CCN(C)[C@H](c3ccccc3)C2)o1. The summed E-state index contributed by atoms with van der Waals surface area (Å²) in [4.78, 5) is 4.53. The Morgan fingerprint density at radius 2 is 1.95 bits per heavy atom. The number of likely N-dealkylation sites (N-methyl/N-ethyl adjacent to an activating group) is 1. The van der Waals surface area contributed by atoms with Crippen LogP contribution in [0.1, 0.15) is 17.5 Å². The molecule has 2 heterocycles. The molecule has 100 valence electrons. The number of aryl methyl sites for hydroxylation is 1. The number of anilines is 1. The summed E-state index contributed by atoms with van der Waals surface area (Å²) in [5.41, 5.74) is 1.32. The highest BCUT2D eigenvalue weighted by Gasteiger charge is 2.27. The largest absolute Gasteiger partial charge is 0.408 e. The van der Waals surface area contributed by atoms with Crippen LogP contribution in [0.3, 0.4) is 0 Å². The van der Waals surface area contributed by atoms with Crippen LogP contribution in [-0.2, 0) is 0 Å². The third kappa shape index (κ3) is 2.46. The van der Waals surface area contributed by atoms with Gasteiger partial charge in [-0.3, -0.25) is 4.90 Å². The fourth-order valence-electron chi connectivity index (χ4n) is 2.50. The highest BCUT2D eigenvalue weighted by Crippen LogP contribution is 2.26. The van der Waals surface area contributed by atoms with Crippen molar-refractivity contribution in [2.24, 2.45) is 0 Å². The smallest absolute Gasteiger partial charge is 0.318 e. The molecule has 0 bridgehead atoms. The van der Waals surface area contributed by atoms with Crippen LogP contribution in [0.15, 0.2) is 34.7 Å². The molecular weight excluding hydrogens is 240 g/mol. The van der Waals surface area contributed by atoms with E-state index in [2.05, 4.69) is 51.3 Å². The van der Waals surface area contributed by atoms with E-state index in [4.69, 9.17) is 4.42 Å². The molecule has 0 spiro atoms. The molecule has 0 radical (unpaired) electrons. The number of nitrogens with zero attached hydrogens (tertiary/aromatic N) is 4. The first-order valence-electron chi connectivity index (χ1n) is 6.54. The lowest BCUT2D eigenvalue weighted by Crippen LogP contribution is -2.46. The Labute approximate surface area is 112 Å². The molecule has 0 aliphatic carbocycles. The Morgan fingerprint density at radius 3 is 2.63 bits per heavy atom. The molecule has 19 heavy (non-hydrogen) atoms. The number of piperazine rings is 1. The molecule has 1 aliphatic rings. The van der Waals surface area contributed by atoms with Crippen LogP contribution in [0.5, 0.6) is 0 Å². The zero-order chi connectivity index (χ0) is 13.2. The van der Waals surface area contributed by atoms with Crippen molar-refractivity contribution in [3.05, 3.63) is 41.8 Å². The van der Waals surface area contributed by atoms with Gasteiger partial charge in [0.2, 0.25) is 5.89 Å². The van der Waals surface area contributed by atoms with Crippen molar-refractivity contribution >= 4 is 6.01 Å². The monoisotopic (exact) mass is 258 g/mol. The average Bonchev–Trinajstić information content (AvgIpc) is 2.87. The Morgan fingerprint density at radius 1 is 1.16 bits per heavy atom. The minimum atomic E-state index is 0.363. The van der Waals surface area contributed by atoms with Gasteiger partial charge in [-0.15, -0.1) is 5.10 Å². The standard InChI is InChI=1S/C14H18N4O/c1-11-15-16-14(19-11)18-9-8-17(2)13(10-18)12-6-4-3-5-7-12/h3-7,13H,8-10H2,1-2H3/t13-/m0/s1. The first-order valence-corrected chi connectivity index (χ1v) is 6.54. The van der Waals surface area contributed by atoms with Crippen molar-refractivity contribution in [2.75, 3.05) is 31.6 Å². The maximum Gasteiger partial charge on any atom is 0.318 e. The van der Waals surface area contributed by atoms with E-state index in [0.29, 0.717) is 17.9 Å². The molecule has 1 aromatic heterocycles. The van der Waals surface area contributed by atoms with Gasteiger partial charge >= 0.3 is 6.01 Å². The topological polar surface area (TPSA) is 45.4 Å². The molecule has 5 nitrogen and oxygen atoms in total. The van der Waals surface area contributed by atoms with Gasteiger partial charge in [0.15, 0.2) is 0 Å². The van der Waals surface area contributed by atoms with Gasteiger partial charge in [-0.1, -0.05) is 35.4 Å². The second-order valence-corrected chi connectivity index (χ2v) is 4.96. The third-order valence-corrected chi connectivity index (χ3v) is 3.62. The Bertz CT molecular complexity index is 539. The van der Waals surface area contributed by atoms with Crippen molar-refractivity contribution in [1.29, 1.82) is 0 Å². The van der Waals surface area contributed by atoms with E-state index in [1.165, 1.54) is 5.56 Å². The zero-order valence-corrected chi connectivity index (χ0v) is 11.3. The third-order valence-electron chi connectivity index (χ3n) is 3.62. The minimum absolute atomic E-state index is 0.363. The summed E-state index contributed by atoms with van der Waals surface area (Å²) in [6.45, 7) is 4.60. The number of hydrogen-bond donors (Lipinski definition) is 0. The van der Waals surface area contributed by atoms with Crippen LogP contribution in [-0.4, -0.2) is 41.8 Å². The lowest BCUT2D eigenvalue weighted by molar-refractivity contribution is 0.216. The van der Waals surface area contributed by atoms with Gasteiger partial charge in [0, 0.05) is 26.6 Å². The maximum absolute atomic E-state index is 5.53. The first-order chi connectivity index (χ1) is 9.24. The van der Waals surface area contributed by atoms with E-state index in [1.807, 2.05) is 13.0 Å². The van der Waals surface area contributed by atoms with Gasteiger partial charge in [0.25, 0.3) is 0 Å². The molecule has 0 saturated carbocycles. The summed E-state index contributed by atoms with van der Waals surface area (Å²) in [6.07, 6.45) is 0. The summed E-state index contributed by atoms with van der Waals surface area (Å²) < 4.78 is 5.53. The van der Waals surface area contributed by atoms with Crippen LogP contribution >= 0.6 is 0 Å². The fraction of sp³-hybridized carbons (Fsp3) is 0.429. The first kappa shape index (κ1) is 12.2. The van der Waals surface area contributed by atoms with Crippen LogP contribution in [0, 0.1) is 6.92 Å². The predicted octanol–water partition coefficient (Wildman–Crippen LogP) is 1.87. The molecule has 5 heteroatoms. The highest BCUT2D eigenvalue weighted by atomic mass is 16.4. The molecule has 3 rings (SSSR count). The molecular formula is C14H18N4O. The van der Waals surface area contributed by atoms with Crippen LogP contribution < -0.4 is 4.90 Å². The number of hydrogen-bond acceptors (Lipinski definition) is 5. The van der Waals surface area contributed by atoms with E-state index in [9.17, 15) is 0 Å². The van der Waals surface area contributed by atoms with Crippen LogP contribution in [0.25, 0.3) is 0 Å². The minimum Gasteiger partial charge on any atom is -0.408 e. The Kier molecular flexibility index (Phi) is 3.21. The van der Waals surface area contributed by atoms with Gasteiger partial charge in [0.05, 0.1) is 6.04 Å². The van der Waals surface area contributed by atoms with Gasteiger partial charge in [-0.05, 0) is 12.6 Å². The number of rotatable bonds is 2. The molecule has 0 unspecified atom stereocenters. The van der Waals surface area contributed by atoms with Crippen LogP contribution in [0.2, 0.25) is 0 Å². The average molecular weight is 258 g/mol. The van der Waals surface area contributed by atoms with E-state index in [1.54, 1.807) is 0 Å². The Hall–Kier alpha value is -1.88. The normalized spacial score (nSPS) is 20.7. The molecule has 2 aromatic rings. The molecule has 1 saturated heterocycles. The zero-order valence-electron chi connectivity index (χ0n) is 11.3. The second kappa shape index (κ2) is 5.01. The van der Waals surface area contributed by atoms with Gasteiger partial charge in [-0.25, -0.2) is 0 Å². The van der Waals surface area contributed by atoms with Crippen molar-refractivity contribution < 1.29 is 4.42 Å². The Balaban J connectivity index is 1.81. The number of benzene rings is 1. The van der Waals surface area contributed by atoms with E-state index in [-0.39, 0.29) is 0 Å². The van der Waals surface area contributed by atoms with E-state index >= 15 is 0 Å². The molecule has 0 amide bonds. The molecule has 1 aliphatic heterocycles. The summed E-state index contributed by atoms with van der Waals surface area (Å²) in [5, 5.41) is 8.02. The van der Waals surface area contributed by atoms with Crippen LogP contribution in [0.4, 0.5) is 6.01 Å². The van der Waals surface area contributed by atoms with E-state index in [0.717, 1.165) is 19.6 Å². The second-order valence-electron chi connectivity index (χ2n) is 4.96. The highest BCUT2D eigenvalue weighted by molar-refractivity contribution is 5.30. The fourth-order valence-corrected chi connectivity index (χ4v) is 2.50. The summed E-state index contributed by atoms with van der Waals surface area (Å²) in [5.74, 6) is 0.616. The predicted molar refractivity (Wildman–Crippen MR) is 73.1 cm³/mol. The van der Waals surface area contributed by atoms with E-state index < -0.39 is 0 Å². The van der Waals surface area contributed by atoms with Gasteiger partial charge < -0.3 is 9.32 Å². The van der Waals surface area contributed by atoms with Gasteiger partial charge in [-0.2, -0.15) is 0 Å². The number of aromatic nitrogens is 2. The van der Waals surface area contributed by atoms with Crippen molar-refractivity contribution in [3.63, 3.8) is 0 Å².